The molecule has 0 fully saturated rings. The zero-order chi connectivity index (χ0) is 15.4. The Bertz CT molecular complexity index is 658. The first-order valence-corrected chi connectivity index (χ1v) is 7.21. The van der Waals surface area contributed by atoms with Crippen LogP contribution in [-0.4, -0.2) is 12.0 Å². The van der Waals surface area contributed by atoms with E-state index in [0.29, 0.717) is 21.5 Å². The lowest BCUT2D eigenvalue weighted by Gasteiger charge is -2.16. The summed E-state index contributed by atoms with van der Waals surface area (Å²) >= 11 is 11.9. The molecule has 0 heterocycles. The molecule has 110 valence electrons. The molecule has 5 heteroatoms. The van der Waals surface area contributed by atoms with Crippen molar-refractivity contribution >= 4 is 34.8 Å². The quantitative estimate of drug-likeness (QED) is 0.885. The first-order chi connectivity index (χ1) is 9.97. The lowest BCUT2D eigenvalue weighted by molar-refractivity contribution is -0.122. The van der Waals surface area contributed by atoms with Crippen LogP contribution >= 0.6 is 23.2 Å². The minimum absolute atomic E-state index is 0.250. The monoisotopic (exact) mass is 323 g/mol. The Kier molecular flexibility index (Phi) is 5.10. The van der Waals surface area contributed by atoms with E-state index >= 15 is 0 Å². The second kappa shape index (κ2) is 6.83. The number of carbonyl (C=O) groups is 1. The van der Waals surface area contributed by atoms with Crippen molar-refractivity contribution in [1.29, 1.82) is 0 Å². The maximum atomic E-state index is 12.2. The van der Waals surface area contributed by atoms with Crippen LogP contribution in [0.2, 0.25) is 10.0 Å². The second-order valence-corrected chi connectivity index (χ2v) is 5.46. The van der Waals surface area contributed by atoms with Crippen LogP contribution in [0.1, 0.15) is 12.5 Å². The minimum atomic E-state index is -0.651. The molecular weight excluding hydrogens is 309 g/mol. The molecule has 2 aromatic rings. The van der Waals surface area contributed by atoms with Gasteiger partial charge in [-0.2, -0.15) is 0 Å². The zero-order valence-corrected chi connectivity index (χ0v) is 13.2. The average Bonchev–Trinajstić information content (AvgIpc) is 2.44. The molecule has 0 saturated heterocycles. The van der Waals surface area contributed by atoms with Crippen LogP contribution in [0.25, 0.3) is 0 Å². The Balaban J connectivity index is 2.04. The van der Waals surface area contributed by atoms with Crippen molar-refractivity contribution in [2.45, 2.75) is 20.0 Å². The molecule has 1 amide bonds. The maximum absolute atomic E-state index is 12.2. The lowest BCUT2D eigenvalue weighted by Crippen LogP contribution is -2.30. The Morgan fingerprint density at radius 2 is 1.90 bits per heavy atom. The average molecular weight is 324 g/mol. The molecule has 0 aliphatic rings. The Morgan fingerprint density at radius 1 is 1.19 bits per heavy atom. The largest absolute Gasteiger partial charge is 0.481 e. The fraction of sp³-hybridized carbons (Fsp3) is 0.188. The molecule has 0 saturated carbocycles. The van der Waals surface area contributed by atoms with E-state index in [1.165, 1.54) is 0 Å². The fourth-order valence-electron chi connectivity index (χ4n) is 1.78. The molecule has 1 N–H and O–H groups in total. The summed E-state index contributed by atoms with van der Waals surface area (Å²) in [5, 5.41) is 3.97. The van der Waals surface area contributed by atoms with Crippen molar-refractivity contribution in [2.75, 3.05) is 5.32 Å². The third kappa shape index (κ3) is 4.13. The van der Waals surface area contributed by atoms with Gasteiger partial charge in [0.1, 0.15) is 5.75 Å². The van der Waals surface area contributed by atoms with Crippen molar-refractivity contribution in [1.82, 2.24) is 0 Å². The van der Waals surface area contributed by atoms with Gasteiger partial charge >= 0.3 is 0 Å². The number of carbonyl (C=O) groups excluding carboxylic acids is 1. The molecule has 3 nitrogen and oxygen atoms in total. The highest BCUT2D eigenvalue weighted by Crippen LogP contribution is 2.23. The van der Waals surface area contributed by atoms with Gasteiger partial charge in [-0.25, -0.2) is 0 Å². The minimum Gasteiger partial charge on any atom is -0.481 e. The van der Waals surface area contributed by atoms with Crippen LogP contribution < -0.4 is 10.1 Å². The van der Waals surface area contributed by atoms with Gasteiger partial charge in [-0.05, 0) is 49.7 Å². The van der Waals surface area contributed by atoms with Crippen molar-refractivity contribution in [3.63, 3.8) is 0 Å². The van der Waals surface area contributed by atoms with Gasteiger partial charge in [0.2, 0.25) is 0 Å². The van der Waals surface area contributed by atoms with Gasteiger partial charge in [-0.15, -0.1) is 0 Å². The predicted molar refractivity (Wildman–Crippen MR) is 86.4 cm³/mol. The van der Waals surface area contributed by atoms with E-state index in [-0.39, 0.29) is 5.91 Å². The molecule has 21 heavy (non-hydrogen) atoms. The molecule has 0 spiro atoms. The Morgan fingerprint density at radius 3 is 2.62 bits per heavy atom. The summed E-state index contributed by atoms with van der Waals surface area (Å²) in [7, 11) is 0. The molecule has 2 aromatic carbocycles. The summed E-state index contributed by atoms with van der Waals surface area (Å²) in [6, 6.07) is 12.3. The van der Waals surface area contributed by atoms with Crippen LogP contribution in [0, 0.1) is 6.92 Å². The summed E-state index contributed by atoms with van der Waals surface area (Å²) in [5.41, 5.74) is 1.50. The topological polar surface area (TPSA) is 38.3 Å². The number of nitrogens with one attached hydrogen (secondary N) is 1. The molecule has 0 aliphatic heterocycles. The summed E-state index contributed by atoms with van der Waals surface area (Å²) < 4.78 is 5.57. The summed E-state index contributed by atoms with van der Waals surface area (Å²) in [4.78, 5) is 12.2. The molecule has 0 radical (unpaired) electrons. The van der Waals surface area contributed by atoms with Crippen LogP contribution in [0.5, 0.6) is 5.75 Å². The third-order valence-electron chi connectivity index (χ3n) is 3.00. The maximum Gasteiger partial charge on any atom is 0.265 e. The highest BCUT2D eigenvalue weighted by molar-refractivity contribution is 6.31. The molecule has 1 atom stereocenters. The van der Waals surface area contributed by atoms with Gasteiger partial charge in [-0.3, -0.25) is 4.79 Å². The Hall–Kier alpha value is -1.71. The molecule has 0 aromatic heterocycles. The zero-order valence-electron chi connectivity index (χ0n) is 11.7. The van der Waals surface area contributed by atoms with E-state index in [1.807, 2.05) is 6.92 Å². The van der Waals surface area contributed by atoms with E-state index in [9.17, 15) is 4.79 Å². The van der Waals surface area contributed by atoms with Gasteiger partial charge in [0, 0.05) is 15.7 Å². The van der Waals surface area contributed by atoms with E-state index in [1.54, 1.807) is 49.4 Å². The number of anilines is 1. The molecular formula is C16H15Cl2NO2. The van der Waals surface area contributed by atoms with Crippen molar-refractivity contribution in [2.24, 2.45) is 0 Å². The molecule has 0 bridgehead atoms. The summed E-state index contributed by atoms with van der Waals surface area (Å²) in [5.74, 6) is 0.299. The molecule has 0 aliphatic carbocycles. The van der Waals surface area contributed by atoms with Crippen LogP contribution in [-0.2, 0) is 4.79 Å². The van der Waals surface area contributed by atoms with Crippen LogP contribution in [0.4, 0.5) is 5.69 Å². The van der Waals surface area contributed by atoms with Gasteiger partial charge in [0.25, 0.3) is 5.91 Å². The molecule has 0 unspecified atom stereocenters. The van der Waals surface area contributed by atoms with Gasteiger partial charge in [0.05, 0.1) is 0 Å². The van der Waals surface area contributed by atoms with Gasteiger partial charge in [0.15, 0.2) is 6.10 Å². The fourth-order valence-corrected chi connectivity index (χ4v) is 2.13. The van der Waals surface area contributed by atoms with Crippen LogP contribution in [0.3, 0.4) is 0 Å². The number of hydrogen-bond donors (Lipinski definition) is 1. The normalized spacial score (nSPS) is 11.8. The SMILES string of the molecule is Cc1c(Cl)cccc1NC(=O)[C@@H](C)Oc1cccc(Cl)c1. The van der Waals surface area contributed by atoms with Crippen molar-refractivity contribution < 1.29 is 9.53 Å². The van der Waals surface area contributed by atoms with E-state index < -0.39 is 6.10 Å². The number of halogens is 2. The van der Waals surface area contributed by atoms with Crippen molar-refractivity contribution in [3.05, 3.63) is 58.1 Å². The Labute approximate surface area is 133 Å². The van der Waals surface area contributed by atoms with Crippen molar-refractivity contribution in [3.8, 4) is 5.75 Å². The number of benzene rings is 2. The predicted octanol–water partition coefficient (Wildman–Crippen LogP) is 4.71. The smallest absolute Gasteiger partial charge is 0.265 e. The highest BCUT2D eigenvalue weighted by atomic mass is 35.5. The number of rotatable bonds is 4. The van der Waals surface area contributed by atoms with E-state index in [0.717, 1.165) is 5.56 Å². The highest BCUT2D eigenvalue weighted by Gasteiger charge is 2.16. The number of ether oxygens (including phenoxy) is 1. The summed E-state index contributed by atoms with van der Waals surface area (Å²) in [6.07, 6.45) is -0.651. The van der Waals surface area contributed by atoms with E-state index in [2.05, 4.69) is 5.32 Å². The first-order valence-electron chi connectivity index (χ1n) is 6.45. The van der Waals surface area contributed by atoms with E-state index in [4.69, 9.17) is 27.9 Å². The molecule has 2 rings (SSSR count). The summed E-state index contributed by atoms with van der Waals surface area (Å²) in [6.45, 7) is 3.52. The number of amides is 1. The lowest BCUT2D eigenvalue weighted by atomic mass is 10.2. The van der Waals surface area contributed by atoms with Gasteiger partial charge < -0.3 is 10.1 Å². The number of hydrogen-bond acceptors (Lipinski definition) is 2. The first kappa shape index (κ1) is 15.7. The third-order valence-corrected chi connectivity index (χ3v) is 3.65. The van der Waals surface area contributed by atoms with Gasteiger partial charge in [-0.1, -0.05) is 35.3 Å². The van der Waals surface area contributed by atoms with Crippen LogP contribution in [0.15, 0.2) is 42.5 Å². The standard InChI is InChI=1S/C16H15Cl2NO2/c1-10-14(18)7-4-8-15(10)19-16(20)11(2)21-13-6-3-5-12(17)9-13/h3-9,11H,1-2H3,(H,19,20)/t11-/m1/s1. The second-order valence-electron chi connectivity index (χ2n) is 4.62.